The highest BCUT2D eigenvalue weighted by Crippen LogP contribution is 2.25. The Kier molecular flexibility index (Phi) is 2.36. The summed E-state index contributed by atoms with van der Waals surface area (Å²) in [6.07, 6.45) is 5.27. The predicted octanol–water partition coefficient (Wildman–Crippen LogP) is 1.32. The first-order chi connectivity index (χ1) is 6.31. The summed E-state index contributed by atoms with van der Waals surface area (Å²) < 4.78 is 2.24. The average molecular weight is 180 g/mol. The van der Waals surface area contributed by atoms with Gasteiger partial charge >= 0.3 is 0 Å². The van der Waals surface area contributed by atoms with Gasteiger partial charge in [-0.1, -0.05) is 6.92 Å². The maximum absolute atomic E-state index is 8.80. The van der Waals surface area contributed by atoms with Crippen molar-refractivity contribution in [1.82, 2.24) is 9.55 Å². The van der Waals surface area contributed by atoms with Crippen LogP contribution in [-0.4, -0.2) is 21.3 Å². The Bertz CT molecular complexity index is 293. The lowest BCUT2D eigenvalue weighted by Gasteiger charge is -2.19. The molecule has 0 amide bonds. The third kappa shape index (κ3) is 1.61. The number of aliphatic hydroxyl groups is 1. The number of aryl methyl sites for hydroxylation is 1. The van der Waals surface area contributed by atoms with Crippen molar-refractivity contribution in [2.24, 2.45) is 0 Å². The first-order valence-corrected chi connectivity index (χ1v) is 4.98. The van der Waals surface area contributed by atoms with Gasteiger partial charge in [-0.05, 0) is 12.8 Å². The zero-order chi connectivity index (χ0) is 9.26. The Morgan fingerprint density at radius 2 is 2.54 bits per heavy atom. The van der Waals surface area contributed by atoms with E-state index >= 15 is 0 Å². The maximum Gasteiger partial charge on any atom is 0.111 e. The molecule has 0 aromatic carbocycles. The summed E-state index contributed by atoms with van der Waals surface area (Å²) in [5.41, 5.74) is 1.03. The normalized spacial score (nSPS) is 21.5. The van der Waals surface area contributed by atoms with Gasteiger partial charge in [0.1, 0.15) is 5.82 Å². The Morgan fingerprint density at radius 3 is 3.23 bits per heavy atom. The molecule has 0 spiro atoms. The van der Waals surface area contributed by atoms with Crippen LogP contribution in [0.25, 0.3) is 0 Å². The number of imidazole rings is 1. The van der Waals surface area contributed by atoms with Gasteiger partial charge in [0, 0.05) is 31.7 Å². The van der Waals surface area contributed by atoms with E-state index in [9.17, 15) is 0 Å². The summed E-state index contributed by atoms with van der Waals surface area (Å²) in [7, 11) is 0. The van der Waals surface area contributed by atoms with E-state index in [1.807, 2.05) is 0 Å². The van der Waals surface area contributed by atoms with Crippen LogP contribution in [0.1, 0.15) is 37.2 Å². The topological polar surface area (TPSA) is 38.0 Å². The van der Waals surface area contributed by atoms with Crippen LogP contribution < -0.4 is 0 Å². The minimum Gasteiger partial charge on any atom is -0.396 e. The third-order valence-corrected chi connectivity index (χ3v) is 2.70. The number of nitrogens with zero attached hydrogens (tertiary/aromatic N) is 2. The monoisotopic (exact) mass is 180 g/mol. The molecule has 1 atom stereocenters. The van der Waals surface area contributed by atoms with Crippen LogP contribution in [0.5, 0.6) is 0 Å². The highest BCUT2D eigenvalue weighted by Gasteiger charge is 2.18. The van der Waals surface area contributed by atoms with Crippen molar-refractivity contribution in [3.63, 3.8) is 0 Å². The summed E-state index contributed by atoms with van der Waals surface area (Å²) in [4.78, 5) is 4.52. The van der Waals surface area contributed by atoms with E-state index < -0.39 is 0 Å². The third-order valence-electron chi connectivity index (χ3n) is 2.70. The number of aromatic nitrogens is 2. The molecule has 3 nitrogen and oxygen atoms in total. The van der Waals surface area contributed by atoms with Crippen LogP contribution in [0.2, 0.25) is 0 Å². The van der Waals surface area contributed by atoms with Crippen LogP contribution >= 0.6 is 0 Å². The molecule has 1 unspecified atom stereocenters. The van der Waals surface area contributed by atoms with Crippen LogP contribution in [0.4, 0.5) is 0 Å². The molecular weight excluding hydrogens is 164 g/mol. The molecule has 1 aliphatic heterocycles. The van der Waals surface area contributed by atoms with Crippen molar-refractivity contribution in [1.29, 1.82) is 0 Å². The average Bonchev–Trinajstić information content (AvgIpc) is 2.49. The van der Waals surface area contributed by atoms with Gasteiger partial charge in [0.2, 0.25) is 0 Å². The Labute approximate surface area is 78.4 Å². The van der Waals surface area contributed by atoms with Gasteiger partial charge in [0.25, 0.3) is 0 Å². The number of hydrogen-bond acceptors (Lipinski definition) is 2. The lowest BCUT2D eigenvalue weighted by molar-refractivity contribution is 0.298. The van der Waals surface area contributed by atoms with Gasteiger partial charge in [-0.2, -0.15) is 0 Å². The minimum atomic E-state index is 0.199. The van der Waals surface area contributed by atoms with Crippen molar-refractivity contribution in [3.8, 4) is 0 Å². The lowest BCUT2D eigenvalue weighted by atomic mass is 10.0. The van der Waals surface area contributed by atoms with E-state index in [2.05, 4.69) is 22.7 Å². The predicted molar refractivity (Wildman–Crippen MR) is 50.7 cm³/mol. The molecule has 0 bridgehead atoms. The zero-order valence-corrected chi connectivity index (χ0v) is 8.03. The quantitative estimate of drug-likeness (QED) is 0.745. The van der Waals surface area contributed by atoms with Gasteiger partial charge in [-0.15, -0.1) is 0 Å². The summed E-state index contributed by atoms with van der Waals surface area (Å²) in [5.74, 6) is 1.79. The molecule has 0 radical (unpaired) electrons. The van der Waals surface area contributed by atoms with Gasteiger partial charge < -0.3 is 9.67 Å². The largest absolute Gasteiger partial charge is 0.396 e. The summed E-state index contributed by atoms with van der Waals surface area (Å²) in [5, 5.41) is 8.80. The van der Waals surface area contributed by atoms with Crippen LogP contribution in [0.3, 0.4) is 0 Å². The van der Waals surface area contributed by atoms with Crippen LogP contribution in [0.15, 0.2) is 6.20 Å². The fourth-order valence-corrected chi connectivity index (χ4v) is 1.99. The van der Waals surface area contributed by atoms with Crippen molar-refractivity contribution >= 4 is 0 Å². The number of fused-ring (bicyclic) bond motifs is 1. The molecule has 1 N–H and O–H groups in total. The molecule has 1 aromatic heterocycles. The smallest absolute Gasteiger partial charge is 0.111 e. The SMILES string of the molecule is CC1CCCn2cc(CCO)nc21. The number of aliphatic hydroxyl groups excluding tert-OH is 1. The molecule has 3 heteroatoms. The Hall–Kier alpha value is -0.830. The lowest BCUT2D eigenvalue weighted by Crippen LogP contribution is -2.12. The molecule has 2 rings (SSSR count). The summed E-state index contributed by atoms with van der Waals surface area (Å²) in [6.45, 7) is 3.52. The van der Waals surface area contributed by atoms with E-state index in [1.165, 1.54) is 18.7 Å². The molecule has 0 aliphatic carbocycles. The van der Waals surface area contributed by atoms with E-state index in [0.717, 1.165) is 12.2 Å². The van der Waals surface area contributed by atoms with Crippen molar-refractivity contribution in [2.45, 2.75) is 38.6 Å². The molecular formula is C10H16N2O. The van der Waals surface area contributed by atoms with Crippen molar-refractivity contribution in [3.05, 3.63) is 17.7 Å². The van der Waals surface area contributed by atoms with Gasteiger partial charge in [0.15, 0.2) is 0 Å². The van der Waals surface area contributed by atoms with Crippen LogP contribution in [0, 0.1) is 0 Å². The standard InChI is InChI=1S/C10H16N2O/c1-8-3-2-5-12-7-9(4-6-13)11-10(8)12/h7-8,13H,2-6H2,1H3. The van der Waals surface area contributed by atoms with Gasteiger partial charge in [0.05, 0.1) is 5.69 Å². The Morgan fingerprint density at radius 1 is 1.69 bits per heavy atom. The van der Waals surface area contributed by atoms with Crippen molar-refractivity contribution in [2.75, 3.05) is 6.61 Å². The highest BCUT2D eigenvalue weighted by atomic mass is 16.3. The van der Waals surface area contributed by atoms with E-state index in [-0.39, 0.29) is 6.61 Å². The molecule has 0 fully saturated rings. The fraction of sp³-hybridized carbons (Fsp3) is 0.700. The molecule has 13 heavy (non-hydrogen) atoms. The van der Waals surface area contributed by atoms with E-state index in [0.29, 0.717) is 12.3 Å². The molecule has 2 heterocycles. The summed E-state index contributed by atoms with van der Waals surface area (Å²) in [6, 6.07) is 0. The van der Waals surface area contributed by atoms with E-state index in [1.54, 1.807) is 0 Å². The summed E-state index contributed by atoms with van der Waals surface area (Å²) >= 11 is 0. The molecule has 1 aliphatic rings. The molecule has 1 aromatic rings. The zero-order valence-electron chi connectivity index (χ0n) is 8.03. The van der Waals surface area contributed by atoms with Gasteiger partial charge in [-0.25, -0.2) is 4.98 Å². The number of hydrogen-bond donors (Lipinski definition) is 1. The van der Waals surface area contributed by atoms with Gasteiger partial charge in [-0.3, -0.25) is 0 Å². The first-order valence-electron chi connectivity index (χ1n) is 4.98. The first kappa shape index (κ1) is 8.75. The minimum absolute atomic E-state index is 0.199. The fourth-order valence-electron chi connectivity index (χ4n) is 1.99. The molecule has 72 valence electrons. The van der Waals surface area contributed by atoms with Crippen LogP contribution in [-0.2, 0) is 13.0 Å². The maximum atomic E-state index is 8.80. The van der Waals surface area contributed by atoms with Crippen molar-refractivity contribution < 1.29 is 5.11 Å². The van der Waals surface area contributed by atoms with E-state index in [4.69, 9.17) is 5.11 Å². The Balaban J connectivity index is 2.25. The molecule has 0 saturated heterocycles. The second kappa shape index (κ2) is 3.50. The molecule has 0 saturated carbocycles. The second-order valence-corrected chi connectivity index (χ2v) is 3.80. The second-order valence-electron chi connectivity index (χ2n) is 3.80. The highest BCUT2D eigenvalue weighted by molar-refractivity contribution is 5.09. The number of rotatable bonds is 2.